The topological polar surface area (TPSA) is 71.1 Å². The first-order valence-electron chi connectivity index (χ1n) is 17.5. The van der Waals surface area contributed by atoms with Crippen molar-refractivity contribution in [3.8, 4) is 23.0 Å². The molecule has 46 heavy (non-hydrogen) atoms. The molecule has 0 amide bonds. The van der Waals surface area contributed by atoms with Crippen LogP contribution in [0.5, 0.6) is 23.0 Å². The minimum Gasteiger partial charge on any atom is -0.493 e. The monoisotopic (exact) mass is 630 g/mol. The lowest BCUT2D eigenvalue weighted by Gasteiger charge is -2.17. The minimum atomic E-state index is -0.572. The maximum atomic E-state index is 13.5. The van der Waals surface area contributed by atoms with E-state index in [4.69, 9.17) is 18.9 Å². The molecular weight excluding hydrogens is 576 g/mol. The number of hydrogen-bond donors (Lipinski definition) is 0. The summed E-state index contributed by atoms with van der Waals surface area (Å²) < 4.78 is 23.7. The van der Waals surface area contributed by atoms with Gasteiger partial charge in [-0.25, -0.2) is 9.59 Å². The molecular formula is C40H54O6. The van der Waals surface area contributed by atoms with Crippen LogP contribution < -0.4 is 18.9 Å². The quantitative estimate of drug-likeness (QED) is 0.0625. The Morgan fingerprint density at radius 3 is 1.20 bits per heavy atom. The van der Waals surface area contributed by atoms with Gasteiger partial charge in [-0.3, -0.25) is 0 Å². The van der Waals surface area contributed by atoms with Crippen LogP contribution in [-0.2, 0) is 12.8 Å². The van der Waals surface area contributed by atoms with Gasteiger partial charge in [0.2, 0.25) is 0 Å². The van der Waals surface area contributed by atoms with E-state index in [-0.39, 0.29) is 22.6 Å². The Kier molecular flexibility index (Phi) is 16.8. The molecule has 0 bridgehead atoms. The van der Waals surface area contributed by atoms with Gasteiger partial charge in [-0.2, -0.15) is 0 Å². The van der Waals surface area contributed by atoms with Crippen molar-refractivity contribution in [2.45, 2.75) is 118 Å². The highest BCUT2D eigenvalue weighted by Gasteiger charge is 2.24. The van der Waals surface area contributed by atoms with E-state index in [2.05, 4.69) is 27.7 Å². The van der Waals surface area contributed by atoms with E-state index in [1.165, 1.54) is 49.7 Å². The number of esters is 2. The fourth-order valence-electron chi connectivity index (χ4n) is 5.05. The van der Waals surface area contributed by atoms with E-state index >= 15 is 0 Å². The molecule has 0 saturated carbocycles. The average molecular weight is 631 g/mol. The van der Waals surface area contributed by atoms with Crippen molar-refractivity contribution in [3.05, 3.63) is 82.9 Å². The van der Waals surface area contributed by atoms with Gasteiger partial charge < -0.3 is 18.9 Å². The van der Waals surface area contributed by atoms with E-state index in [0.717, 1.165) is 51.4 Å². The summed E-state index contributed by atoms with van der Waals surface area (Å²) in [5.74, 6) is 0.292. The highest BCUT2D eigenvalue weighted by atomic mass is 16.5. The fourth-order valence-corrected chi connectivity index (χ4v) is 5.05. The van der Waals surface area contributed by atoms with E-state index in [1.54, 1.807) is 12.1 Å². The lowest BCUT2D eigenvalue weighted by Crippen LogP contribution is -2.16. The van der Waals surface area contributed by atoms with Crippen molar-refractivity contribution < 1.29 is 28.5 Å². The normalized spacial score (nSPS) is 10.9. The van der Waals surface area contributed by atoms with Crippen LogP contribution >= 0.6 is 0 Å². The standard InChI is InChI=1S/C40H54O6/c1-5-9-13-15-17-31-19-23-33(24-20-31)45-39(41)35-29-38(44-28-12-8-4)36(30-37(35)43-27-11-7-3)40(42)46-34-25-21-32(22-26-34)18-16-14-10-6-2/h19-26,29-30H,5-18,27-28H2,1-4H3. The van der Waals surface area contributed by atoms with Gasteiger partial charge in [0.05, 0.1) is 13.2 Å². The number of rotatable bonds is 22. The molecule has 3 aromatic rings. The van der Waals surface area contributed by atoms with Crippen LogP contribution in [-0.4, -0.2) is 25.2 Å². The van der Waals surface area contributed by atoms with Crippen LogP contribution in [0.25, 0.3) is 0 Å². The smallest absolute Gasteiger partial charge is 0.347 e. The highest BCUT2D eigenvalue weighted by Crippen LogP contribution is 2.32. The molecule has 0 saturated heterocycles. The molecule has 0 aliphatic heterocycles. The van der Waals surface area contributed by atoms with Crippen molar-refractivity contribution in [1.82, 2.24) is 0 Å². The molecule has 0 spiro atoms. The molecule has 0 N–H and O–H groups in total. The van der Waals surface area contributed by atoms with Crippen LogP contribution in [0.3, 0.4) is 0 Å². The van der Waals surface area contributed by atoms with Gasteiger partial charge in [-0.1, -0.05) is 103 Å². The minimum absolute atomic E-state index is 0.204. The molecule has 250 valence electrons. The van der Waals surface area contributed by atoms with Gasteiger partial charge in [0.1, 0.15) is 34.1 Å². The SMILES string of the molecule is CCCCCCc1ccc(OC(=O)c2cc(OCCCC)c(C(=O)Oc3ccc(CCCCCC)cc3)cc2OCCCC)cc1. The second kappa shape index (κ2) is 21.1. The van der Waals surface area contributed by atoms with Crippen LogP contribution in [0.15, 0.2) is 60.7 Å². The third-order valence-corrected chi connectivity index (χ3v) is 7.94. The number of ether oxygens (including phenoxy) is 4. The molecule has 0 aliphatic rings. The van der Waals surface area contributed by atoms with Crippen LogP contribution in [0.1, 0.15) is 137 Å². The molecule has 0 atom stereocenters. The summed E-state index contributed by atoms with van der Waals surface area (Å²) in [6, 6.07) is 18.4. The second-order valence-corrected chi connectivity index (χ2v) is 11.9. The largest absolute Gasteiger partial charge is 0.493 e. The van der Waals surface area contributed by atoms with Crippen molar-refractivity contribution in [3.63, 3.8) is 0 Å². The number of unbranched alkanes of at least 4 members (excludes halogenated alkanes) is 8. The summed E-state index contributed by atoms with van der Waals surface area (Å²) in [7, 11) is 0. The summed E-state index contributed by atoms with van der Waals surface area (Å²) in [6.45, 7) is 9.34. The van der Waals surface area contributed by atoms with Gasteiger partial charge >= 0.3 is 11.9 Å². The van der Waals surface area contributed by atoms with Crippen molar-refractivity contribution in [1.29, 1.82) is 0 Å². The molecule has 0 aromatic heterocycles. The first-order valence-corrected chi connectivity index (χ1v) is 17.5. The lowest BCUT2D eigenvalue weighted by molar-refractivity contribution is 0.0712. The predicted molar refractivity (Wildman–Crippen MR) is 186 cm³/mol. The second-order valence-electron chi connectivity index (χ2n) is 11.9. The zero-order valence-corrected chi connectivity index (χ0v) is 28.5. The third kappa shape index (κ3) is 12.5. The average Bonchev–Trinajstić information content (AvgIpc) is 3.07. The molecule has 0 radical (unpaired) electrons. The first-order chi connectivity index (χ1) is 22.5. The zero-order valence-electron chi connectivity index (χ0n) is 28.5. The molecule has 3 aromatic carbocycles. The summed E-state index contributed by atoms with van der Waals surface area (Å²) >= 11 is 0. The van der Waals surface area contributed by atoms with E-state index < -0.39 is 11.9 Å². The maximum Gasteiger partial charge on any atom is 0.347 e. The highest BCUT2D eigenvalue weighted by molar-refractivity contribution is 6.00. The van der Waals surface area contributed by atoms with Gasteiger partial charge in [-0.15, -0.1) is 0 Å². The third-order valence-electron chi connectivity index (χ3n) is 7.94. The van der Waals surface area contributed by atoms with Gasteiger partial charge in [0.15, 0.2) is 0 Å². The number of aryl methyl sites for hydroxylation is 2. The van der Waals surface area contributed by atoms with Gasteiger partial charge in [0.25, 0.3) is 0 Å². The number of carbonyl (C=O) groups excluding carboxylic acids is 2. The molecule has 0 aliphatic carbocycles. The maximum absolute atomic E-state index is 13.5. The first kappa shape index (κ1) is 36.7. The zero-order chi connectivity index (χ0) is 33.0. The van der Waals surface area contributed by atoms with Crippen LogP contribution in [0.2, 0.25) is 0 Å². The Morgan fingerprint density at radius 1 is 0.478 bits per heavy atom. The molecule has 3 rings (SSSR count). The Balaban J connectivity index is 1.82. The Morgan fingerprint density at radius 2 is 0.848 bits per heavy atom. The van der Waals surface area contributed by atoms with Crippen molar-refractivity contribution >= 4 is 11.9 Å². The van der Waals surface area contributed by atoms with Crippen LogP contribution in [0, 0.1) is 0 Å². The molecule has 0 heterocycles. The number of carbonyl (C=O) groups is 2. The summed E-state index contributed by atoms with van der Waals surface area (Å²) in [6.07, 6.45) is 15.1. The lowest BCUT2D eigenvalue weighted by atomic mass is 10.1. The van der Waals surface area contributed by atoms with Gasteiger partial charge in [-0.05, 0) is 86.1 Å². The predicted octanol–water partition coefficient (Wildman–Crippen LogP) is 10.7. The van der Waals surface area contributed by atoms with Crippen molar-refractivity contribution in [2.24, 2.45) is 0 Å². The van der Waals surface area contributed by atoms with Crippen molar-refractivity contribution in [2.75, 3.05) is 13.2 Å². The molecule has 0 unspecified atom stereocenters. The van der Waals surface area contributed by atoms with Gasteiger partial charge in [0, 0.05) is 0 Å². The molecule has 6 heteroatoms. The van der Waals surface area contributed by atoms with Crippen LogP contribution in [0.4, 0.5) is 0 Å². The number of benzene rings is 3. The fraction of sp³-hybridized carbons (Fsp3) is 0.500. The Hall–Kier alpha value is -3.80. The van der Waals surface area contributed by atoms with E-state index in [1.807, 2.05) is 48.5 Å². The molecule has 0 fully saturated rings. The Bertz CT molecular complexity index is 1210. The summed E-state index contributed by atoms with van der Waals surface area (Å²) in [4.78, 5) is 27.0. The summed E-state index contributed by atoms with van der Waals surface area (Å²) in [5.41, 5.74) is 2.84. The Labute approximate surface area is 276 Å². The summed E-state index contributed by atoms with van der Waals surface area (Å²) in [5, 5.41) is 0. The molecule has 6 nitrogen and oxygen atoms in total. The van der Waals surface area contributed by atoms with E-state index in [9.17, 15) is 9.59 Å². The number of hydrogen-bond acceptors (Lipinski definition) is 6. The van der Waals surface area contributed by atoms with E-state index in [0.29, 0.717) is 24.7 Å².